The van der Waals surface area contributed by atoms with Gasteiger partial charge in [0.15, 0.2) is 5.78 Å². The van der Waals surface area contributed by atoms with Gasteiger partial charge >= 0.3 is 0 Å². The first-order valence-corrected chi connectivity index (χ1v) is 6.51. The molecule has 0 spiro atoms. The van der Waals surface area contributed by atoms with Crippen molar-refractivity contribution in [2.24, 2.45) is 11.8 Å². The lowest BCUT2D eigenvalue weighted by Gasteiger charge is -2.29. The smallest absolute Gasteiger partial charge is 0.152 e. The minimum atomic E-state index is 0.0561. The molecule has 1 rings (SSSR count). The number of rotatable bonds is 7. The average Bonchev–Trinajstić information content (AvgIpc) is 2.11. The number of nitrogens with one attached hydrogen (secondary N) is 2. The van der Waals surface area contributed by atoms with E-state index in [1.165, 1.54) is 0 Å². The van der Waals surface area contributed by atoms with Crippen LogP contribution in [0.4, 0.5) is 0 Å². The van der Waals surface area contributed by atoms with E-state index >= 15 is 0 Å². The van der Waals surface area contributed by atoms with Gasteiger partial charge in [0.2, 0.25) is 0 Å². The third-order valence-corrected chi connectivity index (χ3v) is 3.18. The number of ketones is 1. The minimum absolute atomic E-state index is 0.0561. The van der Waals surface area contributed by atoms with E-state index in [1.54, 1.807) is 0 Å². The molecule has 1 atom stereocenters. The third-order valence-electron chi connectivity index (χ3n) is 3.18. The first-order valence-electron chi connectivity index (χ1n) is 6.51. The highest BCUT2D eigenvalue weighted by atomic mass is 16.1. The summed E-state index contributed by atoms with van der Waals surface area (Å²) in [4.78, 5) is 12.0. The Kier molecular flexibility index (Phi) is 5.42. The fourth-order valence-corrected chi connectivity index (χ4v) is 2.07. The molecule has 0 bridgehead atoms. The van der Waals surface area contributed by atoms with Gasteiger partial charge in [-0.3, -0.25) is 4.79 Å². The number of hydrogen-bond acceptors (Lipinski definition) is 3. The summed E-state index contributed by atoms with van der Waals surface area (Å²) in [6, 6.07) is 0.438. The Morgan fingerprint density at radius 1 is 1.31 bits per heavy atom. The molecule has 0 aliphatic carbocycles. The fourth-order valence-electron chi connectivity index (χ4n) is 2.07. The third kappa shape index (κ3) is 4.22. The maximum atomic E-state index is 12.0. The van der Waals surface area contributed by atoms with Crippen LogP contribution in [0.2, 0.25) is 0 Å². The van der Waals surface area contributed by atoms with E-state index in [0.29, 0.717) is 11.8 Å². The first-order chi connectivity index (χ1) is 7.50. The van der Waals surface area contributed by atoms with Crippen LogP contribution in [-0.4, -0.2) is 31.0 Å². The molecule has 2 N–H and O–H groups in total. The Bertz CT molecular complexity index is 222. The average molecular weight is 226 g/mol. The largest absolute Gasteiger partial charge is 0.316 e. The highest BCUT2D eigenvalue weighted by Gasteiger charge is 2.24. The van der Waals surface area contributed by atoms with Crippen molar-refractivity contribution >= 4 is 5.78 Å². The topological polar surface area (TPSA) is 41.1 Å². The van der Waals surface area contributed by atoms with Gasteiger partial charge in [-0.05, 0) is 31.8 Å². The van der Waals surface area contributed by atoms with E-state index in [0.717, 1.165) is 31.8 Å². The van der Waals surface area contributed by atoms with Crippen molar-refractivity contribution in [2.75, 3.05) is 13.1 Å². The molecule has 94 valence electrons. The monoisotopic (exact) mass is 226 g/mol. The molecule has 0 radical (unpaired) electrons. The van der Waals surface area contributed by atoms with Crippen LogP contribution < -0.4 is 10.6 Å². The van der Waals surface area contributed by atoms with Crippen LogP contribution in [0.5, 0.6) is 0 Å². The number of carbonyl (C=O) groups is 1. The molecular formula is C13H26N2O. The Morgan fingerprint density at radius 3 is 2.31 bits per heavy atom. The van der Waals surface area contributed by atoms with E-state index in [1.807, 2.05) is 13.8 Å². The summed E-state index contributed by atoms with van der Waals surface area (Å²) in [5.41, 5.74) is 0. The van der Waals surface area contributed by atoms with E-state index in [4.69, 9.17) is 0 Å². The second-order valence-corrected chi connectivity index (χ2v) is 5.53. The summed E-state index contributed by atoms with van der Waals surface area (Å²) in [7, 11) is 0. The van der Waals surface area contributed by atoms with Crippen LogP contribution in [0.1, 0.15) is 40.5 Å². The van der Waals surface area contributed by atoms with Crippen LogP contribution in [0.15, 0.2) is 0 Å². The molecule has 1 heterocycles. The summed E-state index contributed by atoms with van der Waals surface area (Å²) >= 11 is 0. The van der Waals surface area contributed by atoms with Crippen LogP contribution in [0, 0.1) is 11.8 Å². The minimum Gasteiger partial charge on any atom is -0.316 e. The summed E-state index contributed by atoms with van der Waals surface area (Å²) < 4.78 is 0. The van der Waals surface area contributed by atoms with Crippen molar-refractivity contribution in [3.05, 3.63) is 0 Å². The van der Waals surface area contributed by atoms with Gasteiger partial charge in [0.25, 0.3) is 0 Å². The van der Waals surface area contributed by atoms with Crippen LogP contribution in [0.3, 0.4) is 0 Å². The van der Waals surface area contributed by atoms with Gasteiger partial charge in [-0.15, -0.1) is 0 Å². The molecule has 3 heteroatoms. The fraction of sp³-hybridized carbons (Fsp3) is 0.923. The second-order valence-electron chi connectivity index (χ2n) is 5.53. The zero-order valence-corrected chi connectivity index (χ0v) is 11.0. The quantitative estimate of drug-likeness (QED) is 0.692. The van der Waals surface area contributed by atoms with Gasteiger partial charge in [-0.2, -0.15) is 0 Å². The molecule has 1 aliphatic rings. The van der Waals surface area contributed by atoms with Gasteiger partial charge in [0.05, 0.1) is 6.04 Å². The van der Waals surface area contributed by atoms with E-state index < -0.39 is 0 Å². The van der Waals surface area contributed by atoms with Crippen LogP contribution in [0.25, 0.3) is 0 Å². The highest BCUT2D eigenvalue weighted by molar-refractivity contribution is 5.85. The number of carbonyl (C=O) groups excluding carboxylic acids is 1. The van der Waals surface area contributed by atoms with Crippen molar-refractivity contribution in [3.8, 4) is 0 Å². The Hall–Kier alpha value is -0.410. The molecule has 0 aromatic rings. The zero-order chi connectivity index (χ0) is 12.1. The molecule has 0 aromatic heterocycles. The lowest BCUT2D eigenvalue weighted by atomic mass is 9.91. The molecule has 0 amide bonds. The van der Waals surface area contributed by atoms with Crippen LogP contribution >= 0.6 is 0 Å². The van der Waals surface area contributed by atoms with Crippen molar-refractivity contribution in [2.45, 2.75) is 52.6 Å². The van der Waals surface area contributed by atoms with E-state index in [2.05, 4.69) is 24.5 Å². The zero-order valence-electron chi connectivity index (χ0n) is 11.0. The second kappa shape index (κ2) is 6.36. The first kappa shape index (κ1) is 13.7. The van der Waals surface area contributed by atoms with Crippen LogP contribution in [-0.2, 0) is 4.79 Å². The standard InChI is InChI=1S/C13H26N2O/c1-9(2)13(16)12(15-10(3)4)6-5-11-7-14-8-11/h9-12,14-15H,5-8H2,1-4H3. The Morgan fingerprint density at radius 2 is 1.94 bits per heavy atom. The maximum Gasteiger partial charge on any atom is 0.152 e. The molecule has 16 heavy (non-hydrogen) atoms. The molecule has 0 aromatic carbocycles. The van der Waals surface area contributed by atoms with Crippen molar-refractivity contribution in [3.63, 3.8) is 0 Å². The van der Waals surface area contributed by atoms with Crippen molar-refractivity contribution < 1.29 is 4.79 Å². The summed E-state index contributed by atoms with van der Waals surface area (Å²) in [6.07, 6.45) is 2.15. The van der Waals surface area contributed by atoms with Crippen molar-refractivity contribution in [1.82, 2.24) is 10.6 Å². The Balaban J connectivity index is 2.38. The SMILES string of the molecule is CC(C)NC(CCC1CNC1)C(=O)C(C)C. The maximum absolute atomic E-state index is 12.0. The van der Waals surface area contributed by atoms with Crippen molar-refractivity contribution in [1.29, 1.82) is 0 Å². The summed E-state index contributed by atoms with van der Waals surface area (Å²) in [5, 5.41) is 6.67. The Labute approximate surface area is 99.4 Å². The molecular weight excluding hydrogens is 200 g/mol. The van der Waals surface area contributed by atoms with E-state index in [9.17, 15) is 4.79 Å². The highest BCUT2D eigenvalue weighted by Crippen LogP contribution is 2.15. The molecule has 3 nitrogen and oxygen atoms in total. The van der Waals surface area contributed by atoms with Gasteiger partial charge in [0, 0.05) is 12.0 Å². The predicted molar refractivity (Wildman–Crippen MR) is 67.5 cm³/mol. The molecule has 1 fully saturated rings. The van der Waals surface area contributed by atoms with E-state index in [-0.39, 0.29) is 12.0 Å². The number of Topliss-reactive ketones (excluding diaryl/α,β-unsaturated/α-hetero) is 1. The van der Waals surface area contributed by atoms with Gasteiger partial charge in [-0.25, -0.2) is 0 Å². The lowest BCUT2D eigenvalue weighted by Crippen LogP contribution is -2.46. The van der Waals surface area contributed by atoms with Gasteiger partial charge < -0.3 is 10.6 Å². The molecule has 0 saturated carbocycles. The molecule has 1 unspecified atom stereocenters. The lowest BCUT2D eigenvalue weighted by molar-refractivity contribution is -0.124. The predicted octanol–water partition coefficient (Wildman–Crippen LogP) is 1.58. The van der Waals surface area contributed by atoms with Gasteiger partial charge in [-0.1, -0.05) is 27.7 Å². The summed E-state index contributed by atoms with van der Waals surface area (Å²) in [6.45, 7) is 10.4. The summed E-state index contributed by atoms with van der Waals surface area (Å²) in [5.74, 6) is 1.29. The number of hydrogen-bond donors (Lipinski definition) is 2. The van der Waals surface area contributed by atoms with Gasteiger partial charge in [0.1, 0.15) is 0 Å². The molecule has 1 saturated heterocycles. The normalized spacial score (nSPS) is 18.9. The molecule has 1 aliphatic heterocycles.